The summed E-state index contributed by atoms with van der Waals surface area (Å²) in [5, 5.41) is 5.17. The van der Waals surface area contributed by atoms with Gasteiger partial charge in [0.2, 0.25) is 17.7 Å². The van der Waals surface area contributed by atoms with Gasteiger partial charge in [-0.2, -0.15) is 0 Å². The largest absolute Gasteiger partial charge is 0.379 e. The van der Waals surface area contributed by atoms with Gasteiger partial charge in [0.1, 0.15) is 11.1 Å². The molecule has 0 radical (unpaired) electrons. The average Bonchev–Trinajstić information content (AvgIpc) is 3.55. The molecule has 3 rings (SSSR count). The number of amides is 3. The van der Waals surface area contributed by atoms with Crippen molar-refractivity contribution >= 4 is 23.5 Å². The number of hydrogen-bond donors (Lipinski definition) is 3. The number of morpholine rings is 1. The number of nitrogens with zero attached hydrogens (tertiary/aromatic N) is 1. The predicted octanol–water partition coefficient (Wildman–Crippen LogP) is -0.988. The predicted molar refractivity (Wildman–Crippen MR) is 119 cm³/mol. The lowest BCUT2D eigenvalue weighted by atomic mass is 9.74. The standard InChI is InChI=1S/C23H32N4O6/c1-22(15-33-22)20(30)17(12-16-6-4-3-5-7-16)23(2,21(24)31)26-18(28)13-25-19(29)14-27-8-10-32-11-9-27/h3-7,17H,8-15H2,1-2H3,(H2,24,31)(H,25,29)(H,26,28)/t17-,22-,23?/m1/s1. The van der Waals surface area contributed by atoms with Gasteiger partial charge in [0.25, 0.3) is 0 Å². The summed E-state index contributed by atoms with van der Waals surface area (Å²) in [5.74, 6) is -3.01. The van der Waals surface area contributed by atoms with Crippen LogP contribution in [0.1, 0.15) is 19.4 Å². The van der Waals surface area contributed by atoms with E-state index in [1.165, 1.54) is 6.92 Å². The van der Waals surface area contributed by atoms with Crippen LogP contribution in [0, 0.1) is 5.92 Å². The van der Waals surface area contributed by atoms with Gasteiger partial charge in [0.15, 0.2) is 5.78 Å². The van der Waals surface area contributed by atoms with Crippen LogP contribution in [-0.4, -0.2) is 85.5 Å². The number of nitrogens with two attached hydrogens (primary N) is 1. The van der Waals surface area contributed by atoms with E-state index in [1.54, 1.807) is 6.92 Å². The molecular formula is C23H32N4O6. The Balaban J connectivity index is 1.68. The molecule has 1 unspecified atom stereocenters. The van der Waals surface area contributed by atoms with E-state index in [-0.39, 0.29) is 37.8 Å². The molecule has 2 saturated heterocycles. The molecule has 180 valence electrons. The number of primary amides is 1. The number of carbonyl (C=O) groups excluding carboxylic acids is 4. The molecule has 1 aromatic rings. The normalized spacial score (nSPS) is 23.1. The molecule has 3 amide bonds. The summed E-state index contributed by atoms with van der Waals surface area (Å²) in [6.07, 6.45) is 0.196. The van der Waals surface area contributed by atoms with E-state index in [0.29, 0.717) is 26.3 Å². The summed E-state index contributed by atoms with van der Waals surface area (Å²) in [4.78, 5) is 52.7. The van der Waals surface area contributed by atoms with Crippen molar-refractivity contribution in [2.45, 2.75) is 31.4 Å². The van der Waals surface area contributed by atoms with Crippen molar-refractivity contribution in [2.75, 3.05) is 46.0 Å². The first-order chi connectivity index (χ1) is 15.6. The molecule has 0 spiro atoms. The van der Waals surface area contributed by atoms with Crippen LogP contribution in [-0.2, 0) is 35.1 Å². The maximum absolute atomic E-state index is 13.3. The molecule has 10 heteroatoms. The summed E-state index contributed by atoms with van der Waals surface area (Å²) >= 11 is 0. The Morgan fingerprint density at radius 1 is 1.15 bits per heavy atom. The minimum absolute atomic E-state index is 0.147. The van der Waals surface area contributed by atoms with Gasteiger partial charge in [-0.1, -0.05) is 30.3 Å². The highest BCUT2D eigenvalue weighted by atomic mass is 16.6. The van der Waals surface area contributed by atoms with E-state index < -0.39 is 28.9 Å². The number of rotatable bonds is 11. The summed E-state index contributed by atoms with van der Waals surface area (Å²) < 4.78 is 10.6. The molecule has 10 nitrogen and oxygen atoms in total. The zero-order chi connectivity index (χ0) is 24.1. The maximum Gasteiger partial charge on any atom is 0.243 e. The Hall–Kier alpha value is -2.82. The van der Waals surface area contributed by atoms with Gasteiger partial charge in [-0.3, -0.25) is 24.1 Å². The molecule has 0 aliphatic carbocycles. The van der Waals surface area contributed by atoms with Crippen LogP contribution in [0.2, 0.25) is 0 Å². The Labute approximate surface area is 193 Å². The lowest BCUT2D eigenvalue weighted by Gasteiger charge is -2.36. The minimum atomic E-state index is -1.67. The summed E-state index contributed by atoms with van der Waals surface area (Å²) in [6, 6.07) is 9.18. The van der Waals surface area contributed by atoms with Crippen molar-refractivity contribution in [2.24, 2.45) is 11.7 Å². The molecule has 2 aliphatic heterocycles. The number of ketones is 1. The molecule has 3 atom stereocenters. The first-order valence-electron chi connectivity index (χ1n) is 11.0. The third-order valence-electron chi connectivity index (χ3n) is 6.22. The topological polar surface area (TPSA) is 143 Å². The van der Waals surface area contributed by atoms with Gasteiger partial charge in [-0.25, -0.2) is 0 Å². The number of carbonyl (C=O) groups is 4. The molecule has 0 aromatic heterocycles. The fourth-order valence-corrected chi connectivity index (χ4v) is 3.88. The van der Waals surface area contributed by atoms with Crippen molar-refractivity contribution in [1.29, 1.82) is 0 Å². The van der Waals surface area contributed by atoms with Gasteiger partial charge in [-0.15, -0.1) is 0 Å². The van der Waals surface area contributed by atoms with E-state index in [0.717, 1.165) is 5.56 Å². The first kappa shape index (κ1) is 24.8. The van der Waals surface area contributed by atoms with Crippen LogP contribution in [0.15, 0.2) is 30.3 Å². The Morgan fingerprint density at radius 2 is 1.79 bits per heavy atom. The van der Waals surface area contributed by atoms with Crippen LogP contribution in [0.5, 0.6) is 0 Å². The van der Waals surface area contributed by atoms with Crippen molar-refractivity contribution in [3.63, 3.8) is 0 Å². The zero-order valence-corrected chi connectivity index (χ0v) is 19.1. The molecule has 0 bridgehead atoms. The number of nitrogens with one attached hydrogen (secondary N) is 2. The highest BCUT2D eigenvalue weighted by Crippen LogP contribution is 2.35. The van der Waals surface area contributed by atoms with Crippen LogP contribution < -0.4 is 16.4 Å². The van der Waals surface area contributed by atoms with E-state index in [2.05, 4.69) is 10.6 Å². The van der Waals surface area contributed by atoms with Crippen molar-refractivity contribution in [3.8, 4) is 0 Å². The SMILES string of the molecule is CC(NC(=O)CNC(=O)CN1CCOCC1)(C(N)=O)[C@H](Cc1ccccc1)C(=O)[C@@]1(C)CO1. The zero-order valence-electron chi connectivity index (χ0n) is 19.1. The number of hydrogen-bond acceptors (Lipinski definition) is 7. The second-order valence-electron chi connectivity index (χ2n) is 8.91. The molecular weight excluding hydrogens is 428 g/mol. The molecule has 4 N–H and O–H groups in total. The maximum atomic E-state index is 13.3. The Bertz CT molecular complexity index is 882. The van der Waals surface area contributed by atoms with E-state index >= 15 is 0 Å². The smallest absolute Gasteiger partial charge is 0.243 e. The number of Topliss-reactive ketones (excluding diaryl/α,β-unsaturated/α-hetero) is 1. The number of benzene rings is 1. The first-order valence-corrected chi connectivity index (χ1v) is 11.0. The third-order valence-corrected chi connectivity index (χ3v) is 6.22. The molecule has 2 aliphatic rings. The molecule has 2 fully saturated rings. The van der Waals surface area contributed by atoms with Crippen molar-refractivity contribution in [1.82, 2.24) is 15.5 Å². The highest BCUT2D eigenvalue weighted by molar-refractivity contribution is 6.01. The van der Waals surface area contributed by atoms with E-state index in [1.807, 2.05) is 35.2 Å². The van der Waals surface area contributed by atoms with Crippen molar-refractivity contribution in [3.05, 3.63) is 35.9 Å². The van der Waals surface area contributed by atoms with Gasteiger partial charge < -0.3 is 25.8 Å². The van der Waals surface area contributed by atoms with Gasteiger partial charge in [-0.05, 0) is 25.8 Å². The molecule has 1 aromatic carbocycles. The number of epoxide rings is 1. The third kappa shape index (κ3) is 6.37. The summed E-state index contributed by atoms with van der Waals surface area (Å²) in [7, 11) is 0. The number of ether oxygens (including phenoxy) is 2. The van der Waals surface area contributed by atoms with E-state index in [4.69, 9.17) is 15.2 Å². The average molecular weight is 461 g/mol. The van der Waals surface area contributed by atoms with E-state index in [9.17, 15) is 19.2 Å². The van der Waals surface area contributed by atoms with Crippen LogP contribution in [0.4, 0.5) is 0 Å². The van der Waals surface area contributed by atoms with Crippen molar-refractivity contribution < 1.29 is 28.7 Å². The molecule has 0 saturated carbocycles. The minimum Gasteiger partial charge on any atom is -0.379 e. The Kier molecular flexibility index (Phi) is 7.83. The van der Waals surface area contributed by atoms with Crippen LogP contribution in [0.25, 0.3) is 0 Å². The lowest BCUT2D eigenvalue weighted by Crippen LogP contribution is -2.64. The van der Waals surface area contributed by atoms with Gasteiger partial charge in [0, 0.05) is 13.1 Å². The molecule has 33 heavy (non-hydrogen) atoms. The summed E-state index contributed by atoms with van der Waals surface area (Å²) in [5.41, 5.74) is 3.84. The quantitative estimate of drug-likeness (QED) is 0.360. The van der Waals surface area contributed by atoms with Gasteiger partial charge >= 0.3 is 0 Å². The second-order valence-corrected chi connectivity index (χ2v) is 8.91. The second kappa shape index (κ2) is 10.4. The Morgan fingerprint density at radius 3 is 2.36 bits per heavy atom. The highest BCUT2D eigenvalue weighted by Gasteiger charge is 2.56. The fourth-order valence-electron chi connectivity index (χ4n) is 3.88. The molecule has 2 heterocycles. The fraction of sp³-hybridized carbons (Fsp3) is 0.565. The van der Waals surface area contributed by atoms with Gasteiger partial charge in [0.05, 0.1) is 38.8 Å². The monoisotopic (exact) mass is 460 g/mol. The summed E-state index contributed by atoms with van der Waals surface area (Å²) in [6.45, 7) is 5.56. The van der Waals surface area contributed by atoms with Crippen LogP contribution >= 0.6 is 0 Å². The lowest BCUT2D eigenvalue weighted by molar-refractivity contribution is -0.140. The van der Waals surface area contributed by atoms with Crippen LogP contribution in [0.3, 0.4) is 0 Å².